The molecule has 0 saturated heterocycles. The molecule has 0 fully saturated rings. The normalized spacial score (nSPS) is 15.5. The van der Waals surface area contributed by atoms with Gasteiger partial charge in [-0.15, -0.1) is 21.5 Å². The van der Waals surface area contributed by atoms with Crippen LogP contribution in [0.2, 0.25) is 20.1 Å². The fourth-order valence-electron chi connectivity index (χ4n) is 4.03. The number of anilines is 1. The van der Waals surface area contributed by atoms with E-state index < -0.39 is 23.5 Å². The largest absolute Gasteiger partial charge is 0.503 e. The highest BCUT2D eigenvalue weighted by atomic mass is 35.5. The average Bonchev–Trinajstić information content (AvgIpc) is 3.56. The summed E-state index contributed by atoms with van der Waals surface area (Å²) in [7, 11) is 0. The van der Waals surface area contributed by atoms with Gasteiger partial charge in [0.15, 0.2) is 10.1 Å². The Morgan fingerprint density at radius 3 is 2.46 bits per heavy atom. The summed E-state index contributed by atoms with van der Waals surface area (Å²) in [4.78, 5) is 33.1. The number of amides is 1. The number of carbonyl (C=O) groups is 2. The lowest BCUT2D eigenvalue weighted by atomic mass is 9.95. The molecule has 14 heteroatoms. The Morgan fingerprint density at radius 1 is 1.03 bits per heavy atom. The van der Waals surface area contributed by atoms with Crippen LogP contribution in [0.3, 0.4) is 0 Å². The number of Topliss-reactive ketones (excluding diaryl/α,β-unsaturated/α-hetero) is 1. The van der Waals surface area contributed by atoms with Crippen molar-refractivity contribution in [2.75, 3.05) is 4.90 Å². The fourth-order valence-corrected chi connectivity index (χ4v) is 7.64. The molecular weight excluding hydrogens is 642 g/mol. The van der Waals surface area contributed by atoms with E-state index in [1.807, 2.05) is 6.07 Å². The summed E-state index contributed by atoms with van der Waals surface area (Å²) < 4.78 is 0.560. The minimum atomic E-state index is -1.02. The first-order chi connectivity index (χ1) is 18.5. The van der Waals surface area contributed by atoms with Crippen LogP contribution in [0.5, 0.6) is 0 Å². The van der Waals surface area contributed by atoms with Crippen LogP contribution >= 0.6 is 80.8 Å². The van der Waals surface area contributed by atoms with Crippen molar-refractivity contribution in [2.45, 2.75) is 30.0 Å². The van der Waals surface area contributed by atoms with E-state index in [2.05, 4.69) is 15.2 Å². The van der Waals surface area contributed by atoms with Crippen molar-refractivity contribution in [3.05, 3.63) is 94.5 Å². The zero-order chi connectivity index (χ0) is 28.0. The van der Waals surface area contributed by atoms with Gasteiger partial charge in [-0.1, -0.05) is 81.6 Å². The average molecular weight is 658 g/mol. The summed E-state index contributed by atoms with van der Waals surface area (Å²) in [6.07, 6.45) is 0. The van der Waals surface area contributed by atoms with Gasteiger partial charge in [0, 0.05) is 15.8 Å². The third-order valence-electron chi connectivity index (χ3n) is 5.79. The second-order valence-electron chi connectivity index (χ2n) is 8.37. The molecular formula is C25H16Cl4N4O3S3. The lowest BCUT2D eigenvalue weighted by Gasteiger charge is -2.24. The molecule has 0 aliphatic carbocycles. The minimum Gasteiger partial charge on any atom is -0.503 e. The maximum atomic E-state index is 13.7. The third kappa shape index (κ3) is 5.56. The first-order valence-electron chi connectivity index (χ1n) is 11.2. The van der Waals surface area contributed by atoms with Gasteiger partial charge in [-0.05, 0) is 49.2 Å². The predicted molar refractivity (Wildman–Crippen MR) is 158 cm³/mol. The smallest absolute Gasteiger partial charge is 0.296 e. The van der Waals surface area contributed by atoms with Gasteiger partial charge in [0.1, 0.15) is 0 Å². The predicted octanol–water partition coefficient (Wildman–Crippen LogP) is 8.30. The number of nitrogens with zero attached hydrogens (tertiary/aromatic N) is 4. The van der Waals surface area contributed by atoms with Crippen LogP contribution < -0.4 is 4.90 Å². The molecule has 1 N–H and O–H groups in total. The monoisotopic (exact) mass is 656 g/mol. The lowest BCUT2D eigenvalue weighted by molar-refractivity contribution is -0.117. The second kappa shape index (κ2) is 11.4. The Bertz CT molecular complexity index is 1670. The topological polar surface area (TPSA) is 96.3 Å². The molecule has 0 spiro atoms. The molecule has 7 nitrogen and oxygen atoms in total. The molecule has 39 heavy (non-hydrogen) atoms. The summed E-state index contributed by atoms with van der Waals surface area (Å²) in [5.74, 6) is -1.45. The van der Waals surface area contributed by atoms with Gasteiger partial charge in [0.05, 0.1) is 37.2 Å². The number of rotatable bonds is 7. The fraction of sp³-hybridized carbons (Fsp3) is 0.160. The van der Waals surface area contributed by atoms with E-state index in [0.29, 0.717) is 46.3 Å². The maximum Gasteiger partial charge on any atom is 0.296 e. The Hall–Kier alpha value is -2.18. The highest BCUT2D eigenvalue weighted by molar-refractivity contribution is 8.00. The molecule has 1 amide bonds. The number of aliphatic hydroxyl groups is 1. The van der Waals surface area contributed by atoms with E-state index in [1.165, 1.54) is 28.0 Å². The number of carbonyl (C=O) groups excluding carboxylic acids is 2. The molecule has 2 aromatic heterocycles. The molecule has 2 aromatic carbocycles. The SMILES string of the molecule is Cc1nc(C)c(C(=O)C2=C(O)C(=O)N(c3nnc(SCc4ccc(Cl)cc4Cl)s3)C2c2ccc(Cl)c(Cl)c2)s1. The molecule has 0 saturated carbocycles. The van der Waals surface area contributed by atoms with E-state index in [4.69, 9.17) is 46.4 Å². The van der Waals surface area contributed by atoms with Crippen LogP contribution in [0, 0.1) is 13.8 Å². The summed E-state index contributed by atoms with van der Waals surface area (Å²) in [5.41, 5.74) is 1.75. The van der Waals surface area contributed by atoms with Crippen molar-refractivity contribution in [3.8, 4) is 0 Å². The second-order valence-corrected chi connectivity index (χ2v) is 13.4. The van der Waals surface area contributed by atoms with Crippen molar-refractivity contribution >= 4 is 97.7 Å². The number of halogens is 4. The summed E-state index contributed by atoms with van der Waals surface area (Å²) in [6.45, 7) is 3.49. The minimum absolute atomic E-state index is 0.0949. The van der Waals surface area contributed by atoms with Gasteiger partial charge >= 0.3 is 0 Å². The van der Waals surface area contributed by atoms with Gasteiger partial charge < -0.3 is 5.11 Å². The number of hydrogen-bond donors (Lipinski definition) is 1. The van der Waals surface area contributed by atoms with Crippen molar-refractivity contribution in [2.24, 2.45) is 0 Å². The number of thioether (sulfide) groups is 1. The first kappa shape index (κ1) is 28.4. The van der Waals surface area contributed by atoms with Gasteiger partial charge in [0.2, 0.25) is 10.9 Å². The maximum absolute atomic E-state index is 13.7. The first-order valence-corrected chi connectivity index (χ1v) is 15.3. The van der Waals surface area contributed by atoms with Gasteiger partial charge in [-0.2, -0.15) is 0 Å². The van der Waals surface area contributed by atoms with E-state index >= 15 is 0 Å². The van der Waals surface area contributed by atoms with E-state index in [-0.39, 0.29) is 15.7 Å². The molecule has 1 aliphatic heterocycles. The summed E-state index contributed by atoms with van der Waals surface area (Å²) in [5, 5.41) is 21.9. The number of hydrogen-bond acceptors (Lipinski definition) is 9. The zero-order valence-corrected chi connectivity index (χ0v) is 25.5. The van der Waals surface area contributed by atoms with Crippen molar-refractivity contribution in [3.63, 3.8) is 0 Å². The van der Waals surface area contributed by atoms with Crippen molar-refractivity contribution < 1.29 is 14.7 Å². The van der Waals surface area contributed by atoms with Crippen molar-refractivity contribution in [1.29, 1.82) is 0 Å². The Balaban J connectivity index is 1.52. The summed E-state index contributed by atoms with van der Waals surface area (Å²) in [6, 6.07) is 9.00. The molecule has 5 rings (SSSR count). The van der Waals surface area contributed by atoms with Crippen LogP contribution in [-0.2, 0) is 10.5 Å². The molecule has 1 aliphatic rings. The van der Waals surface area contributed by atoms with Crippen LogP contribution in [0.4, 0.5) is 5.13 Å². The summed E-state index contributed by atoms with van der Waals surface area (Å²) >= 11 is 28.4. The molecule has 1 unspecified atom stereocenters. The standard InChI is InChI=1S/C25H16Cl4N4O3S3/c1-10-22(38-11(2)30-10)20(34)18-19(12-4-6-15(27)17(29)7-12)33(23(36)21(18)35)24-31-32-25(39-24)37-9-13-3-5-14(26)8-16(13)28/h3-8,19,35H,9H2,1-2H3. The molecule has 3 heterocycles. The number of benzene rings is 2. The van der Waals surface area contributed by atoms with Crippen LogP contribution in [0.25, 0.3) is 0 Å². The Kier molecular flexibility index (Phi) is 8.26. The zero-order valence-electron chi connectivity index (χ0n) is 20.0. The number of thiazole rings is 1. The number of aliphatic hydroxyl groups excluding tert-OH is 1. The molecule has 1 atom stereocenters. The number of ketones is 1. The molecule has 0 radical (unpaired) electrons. The van der Waals surface area contributed by atoms with E-state index in [9.17, 15) is 14.7 Å². The van der Waals surface area contributed by atoms with Gasteiger partial charge in [-0.3, -0.25) is 14.5 Å². The lowest BCUT2D eigenvalue weighted by Crippen LogP contribution is -2.31. The van der Waals surface area contributed by atoms with Crippen LogP contribution in [-0.4, -0.2) is 32.0 Å². The van der Waals surface area contributed by atoms with Gasteiger partial charge in [0.25, 0.3) is 5.91 Å². The van der Waals surface area contributed by atoms with Crippen LogP contribution in [0.1, 0.15) is 37.5 Å². The van der Waals surface area contributed by atoms with Crippen molar-refractivity contribution in [1.82, 2.24) is 15.2 Å². The highest BCUT2D eigenvalue weighted by Gasteiger charge is 2.46. The number of aryl methyl sites for hydroxylation is 2. The van der Waals surface area contributed by atoms with Gasteiger partial charge in [-0.25, -0.2) is 4.98 Å². The molecule has 4 aromatic rings. The quantitative estimate of drug-likeness (QED) is 0.121. The molecule has 200 valence electrons. The molecule has 0 bridgehead atoms. The Morgan fingerprint density at radius 2 is 1.79 bits per heavy atom. The number of aromatic nitrogens is 3. The third-order valence-corrected chi connectivity index (χ3v) is 10.3. The highest BCUT2D eigenvalue weighted by Crippen LogP contribution is 2.45. The van der Waals surface area contributed by atoms with E-state index in [0.717, 1.165) is 16.9 Å². The van der Waals surface area contributed by atoms with Crippen LogP contribution in [0.15, 0.2) is 52.1 Å². The Labute approximate surface area is 255 Å². The van der Waals surface area contributed by atoms with E-state index in [1.54, 1.807) is 44.2 Å².